The SMILES string of the molecule is COC(=O)C=Cc1ccc(C(=O)OC)cc1N. The molecule has 17 heavy (non-hydrogen) atoms. The Morgan fingerprint density at radius 3 is 2.47 bits per heavy atom. The minimum absolute atomic E-state index is 0.361. The Labute approximate surface area is 98.8 Å². The van der Waals surface area contributed by atoms with Gasteiger partial charge in [0.25, 0.3) is 0 Å². The number of hydrogen-bond acceptors (Lipinski definition) is 5. The van der Waals surface area contributed by atoms with Gasteiger partial charge in [-0.15, -0.1) is 0 Å². The second-order valence-corrected chi connectivity index (χ2v) is 3.19. The smallest absolute Gasteiger partial charge is 0.337 e. The number of methoxy groups -OCH3 is 2. The van der Waals surface area contributed by atoms with E-state index in [0.29, 0.717) is 16.8 Å². The van der Waals surface area contributed by atoms with Crippen molar-refractivity contribution in [3.05, 3.63) is 35.4 Å². The van der Waals surface area contributed by atoms with E-state index in [0.717, 1.165) is 0 Å². The molecule has 0 aliphatic heterocycles. The number of benzene rings is 1. The summed E-state index contributed by atoms with van der Waals surface area (Å²) in [5, 5.41) is 0. The molecule has 1 aromatic carbocycles. The Balaban J connectivity index is 2.94. The number of esters is 2. The molecule has 90 valence electrons. The van der Waals surface area contributed by atoms with Gasteiger partial charge in [-0.1, -0.05) is 6.07 Å². The summed E-state index contributed by atoms with van der Waals surface area (Å²) in [6, 6.07) is 4.68. The van der Waals surface area contributed by atoms with Crippen molar-refractivity contribution in [2.45, 2.75) is 0 Å². The van der Waals surface area contributed by atoms with E-state index < -0.39 is 11.9 Å². The van der Waals surface area contributed by atoms with Crippen LogP contribution >= 0.6 is 0 Å². The van der Waals surface area contributed by atoms with Gasteiger partial charge in [0.1, 0.15) is 0 Å². The quantitative estimate of drug-likeness (QED) is 0.484. The van der Waals surface area contributed by atoms with Crippen molar-refractivity contribution in [1.82, 2.24) is 0 Å². The van der Waals surface area contributed by atoms with Crippen LogP contribution in [0.5, 0.6) is 0 Å². The van der Waals surface area contributed by atoms with Crippen LogP contribution in [0.4, 0.5) is 5.69 Å². The molecule has 0 aliphatic rings. The number of carbonyl (C=O) groups excluding carboxylic acids is 2. The Kier molecular flexibility index (Phi) is 4.28. The Morgan fingerprint density at radius 1 is 1.24 bits per heavy atom. The summed E-state index contributed by atoms with van der Waals surface area (Å²) in [7, 11) is 2.58. The average Bonchev–Trinajstić information content (AvgIpc) is 2.35. The van der Waals surface area contributed by atoms with Crippen molar-refractivity contribution in [3.8, 4) is 0 Å². The average molecular weight is 235 g/mol. The van der Waals surface area contributed by atoms with Gasteiger partial charge < -0.3 is 15.2 Å². The molecule has 0 heterocycles. The number of nitrogen functional groups attached to an aromatic ring is 1. The fourth-order valence-electron chi connectivity index (χ4n) is 1.20. The summed E-state index contributed by atoms with van der Waals surface area (Å²) in [6.07, 6.45) is 2.77. The fraction of sp³-hybridized carbons (Fsp3) is 0.167. The molecule has 1 aromatic rings. The maximum Gasteiger partial charge on any atom is 0.337 e. The number of anilines is 1. The summed E-state index contributed by atoms with van der Waals surface area (Å²) in [5.41, 5.74) is 7.10. The first-order chi connectivity index (χ1) is 8.08. The zero-order chi connectivity index (χ0) is 12.8. The van der Waals surface area contributed by atoms with Gasteiger partial charge in [0, 0.05) is 11.8 Å². The highest BCUT2D eigenvalue weighted by molar-refractivity contribution is 5.92. The maximum absolute atomic E-state index is 11.2. The molecule has 0 unspecified atom stereocenters. The second kappa shape index (κ2) is 5.69. The van der Waals surface area contributed by atoms with E-state index in [1.54, 1.807) is 12.1 Å². The van der Waals surface area contributed by atoms with Crippen molar-refractivity contribution in [3.63, 3.8) is 0 Å². The van der Waals surface area contributed by atoms with Crippen LogP contribution in [0.3, 0.4) is 0 Å². The van der Waals surface area contributed by atoms with Gasteiger partial charge in [0.2, 0.25) is 0 Å². The predicted molar refractivity (Wildman–Crippen MR) is 63.2 cm³/mol. The molecule has 2 N–H and O–H groups in total. The third-order valence-electron chi connectivity index (χ3n) is 2.11. The standard InChI is InChI=1S/C12H13NO4/c1-16-11(14)6-5-8-3-4-9(7-10(8)13)12(15)17-2/h3-7H,13H2,1-2H3. The number of ether oxygens (including phenoxy) is 2. The lowest BCUT2D eigenvalue weighted by Gasteiger charge is -2.03. The van der Waals surface area contributed by atoms with E-state index in [9.17, 15) is 9.59 Å². The van der Waals surface area contributed by atoms with Crippen molar-refractivity contribution in [2.75, 3.05) is 20.0 Å². The van der Waals surface area contributed by atoms with Gasteiger partial charge in [-0.3, -0.25) is 0 Å². The summed E-state index contributed by atoms with van der Waals surface area (Å²) >= 11 is 0. The van der Waals surface area contributed by atoms with E-state index in [4.69, 9.17) is 5.73 Å². The summed E-state index contributed by atoms with van der Waals surface area (Å²) in [4.78, 5) is 22.1. The number of carbonyl (C=O) groups is 2. The van der Waals surface area contributed by atoms with Crippen LogP contribution in [0.2, 0.25) is 0 Å². The highest BCUT2D eigenvalue weighted by Gasteiger charge is 2.06. The highest BCUT2D eigenvalue weighted by Crippen LogP contribution is 2.16. The van der Waals surface area contributed by atoms with Crippen LogP contribution in [-0.4, -0.2) is 26.2 Å². The monoisotopic (exact) mass is 235 g/mol. The molecule has 0 aromatic heterocycles. The zero-order valence-corrected chi connectivity index (χ0v) is 9.60. The van der Waals surface area contributed by atoms with Gasteiger partial charge in [0.15, 0.2) is 0 Å². The molecule has 0 bridgehead atoms. The van der Waals surface area contributed by atoms with E-state index in [1.165, 1.54) is 32.4 Å². The molecule has 0 atom stereocenters. The number of nitrogens with two attached hydrogens (primary N) is 1. The van der Waals surface area contributed by atoms with Crippen LogP contribution in [-0.2, 0) is 14.3 Å². The normalized spacial score (nSPS) is 10.2. The molecule has 0 fully saturated rings. The molecule has 5 nitrogen and oxygen atoms in total. The Bertz CT molecular complexity index is 466. The van der Waals surface area contributed by atoms with Crippen LogP contribution in [0.25, 0.3) is 6.08 Å². The van der Waals surface area contributed by atoms with Gasteiger partial charge in [-0.25, -0.2) is 9.59 Å². The van der Waals surface area contributed by atoms with Crippen molar-refractivity contribution < 1.29 is 19.1 Å². The lowest BCUT2D eigenvalue weighted by atomic mass is 10.1. The maximum atomic E-state index is 11.2. The largest absolute Gasteiger partial charge is 0.466 e. The minimum Gasteiger partial charge on any atom is -0.466 e. The molecule has 0 spiro atoms. The van der Waals surface area contributed by atoms with Gasteiger partial charge in [0.05, 0.1) is 19.8 Å². The molecule has 0 aliphatic carbocycles. The zero-order valence-electron chi connectivity index (χ0n) is 9.60. The second-order valence-electron chi connectivity index (χ2n) is 3.19. The predicted octanol–water partition coefficient (Wildman–Crippen LogP) is 1.24. The minimum atomic E-state index is -0.471. The van der Waals surface area contributed by atoms with Crippen molar-refractivity contribution in [1.29, 1.82) is 0 Å². The highest BCUT2D eigenvalue weighted by atomic mass is 16.5. The number of rotatable bonds is 3. The molecular weight excluding hydrogens is 222 g/mol. The van der Waals surface area contributed by atoms with Crippen LogP contribution in [0.1, 0.15) is 15.9 Å². The van der Waals surface area contributed by atoms with E-state index >= 15 is 0 Å². The molecule has 0 saturated carbocycles. The van der Waals surface area contributed by atoms with E-state index in [2.05, 4.69) is 9.47 Å². The van der Waals surface area contributed by atoms with Crippen molar-refractivity contribution >= 4 is 23.7 Å². The summed E-state index contributed by atoms with van der Waals surface area (Å²) in [6.45, 7) is 0. The molecule has 0 radical (unpaired) electrons. The number of hydrogen-bond donors (Lipinski definition) is 1. The van der Waals surface area contributed by atoms with Crippen molar-refractivity contribution in [2.24, 2.45) is 0 Å². The fourth-order valence-corrected chi connectivity index (χ4v) is 1.20. The third-order valence-corrected chi connectivity index (χ3v) is 2.11. The topological polar surface area (TPSA) is 78.6 Å². The molecule has 0 amide bonds. The van der Waals surface area contributed by atoms with Gasteiger partial charge >= 0.3 is 11.9 Å². The van der Waals surface area contributed by atoms with Crippen LogP contribution in [0.15, 0.2) is 24.3 Å². The molecule has 0 saturated heterocycles. The lowest BCUT2D eigenvalue weighted by molar-refractivity contribution is -0.134. The first kappa shape index (κ1) is 12.8. The van der Waals surface area contributed by atoms with E-state index in [1.807, 2.05) is 0 Å². The first-order valence-corrected chi connectivity index (χ1v) is 4.82. The van der Waals surface area contributed by atoms with Gasteiger partial charge in [-0.05, 0) is 23.8 Å². The molecular formula is C12H13NO4. The first-order valence-electron chi connectivity index (χ1n) is 4.82. The van der Waals surface area contributed by atoms with E-state index in [-0.39, 0.29) is 0 Å². The summed E-state index contributed by atoms with van der Waals surface area (Å²) in [5.74, 6) is -0.929. The molecule has 5 heteroatoms. The Hall–Kier alpha value is -2.30. The van der Waals surface area contributed by atoms with Gasteiger partial charge in [-0.2, -0.15) is 0 Å². The third kappa shape index (κ3) is 3.34. The molecule has 1 rings (SSSR count). The van der Waals surface area contributed by atoms with Crippen LogP contribution in [0, 0.1) is 0 Å². The lowest BCUT2D eigenvalue weighted by Crippen LogP contribution is -2.02. The Morgan fingerprint density at radius 2 is 1.94 bits per heavy atom. The summed E-state index contributed by atoms with van der Waals surface area (Å²) < 4.78 is 9.01. The van der Waals surface area contributed by atoms with Crippen LogP contribution < -0.4 is 5.73 Å².